The van der Waals surface area contributed by atoms with Crippen LogP contribution in [0.2, 0.25) is 0 Å². The van der Waals surface area contributed by atoms with E-state index in [9.17, 15) is 13.2 Å². The Balaban J connectivity index is 1.57. The van der Waals surface area contributed by atoms with E-state index in [1.54, 1.807) is 33.7 Å². The van der Waals surface area contributed by atoms with Gasteiger partial charge in [-0.3, -0.25) is 9.78 Å². The summed E-state index contributed by atoms with van der Waals surface area (Å²) in [6.07, 6.45) is 4.26. The number of sulfonamides is 1. The predicted molar refractivity (Wildman–Crippen MR) is 96.1 cm³/mol. The molecule has 1 amide bonds. The van der Waals surface area contributed by atoms with Crippen LogP contribution in [-0.2, 0) is 14.8 Å². The van der Waals surface area contributed by atoms with Gasteiger partial charge in [0.1, 0.15) is 10.9 Å². The van der Waals surface area contributed by atoms with Gasteiger partial charge in [0.15, 0.2) is 0 Å². The molecule has 3 aliphatic heterocycles. The van der Waals surface area contributed by atoms with Crippen molar-refractivity contribution in [1.82, 2.24) is 14.2 Å². The van der Waals surface area contributed by atoms with Gasteiger partial charge < -0.3 is 9.64 Å². The summed E-state index contributed by atoms with van der Waals surface area (Å²) in [5.74, 6) is 0.330. The van der Waals surface area contributed by atoms with Crippen LogP contribution in [0.4, 0.5) is 0 Å². The Morgan fingerprint density at radius 2 is 2.23 bits per heavy atom. The van der Waals surface area contributed by atoms with Crippen molar-refractivity contribution in [3.63, 3.8) is 0 Å². The van der Waals surface area contributed by atoms with Gasteiger partial charge in [-0.05, 0) is 30.9 Å². The first kappa shape index (κ1) is 17.9. The largest absolute Gasteiger partial charge is 0.365 e. The fourth-order valence-electron chi connectivity index (χ4n) is 4.38. The number of carbonyl (C=O) groups excluding carboxylic acids is 1. The van der Waals surface area contributed by atoms with Gasteiger partial charge in [-0.2, -0.15) is 4.31 Å². The Kier molecular flexibility index (Phi) is 4.32. The van der Waals surface area contributed by atoms with E-state index in [1.165, 1.54) is 0 Å². The van der Waals surface area contributed by atoms with Crippen LogP contribution in [0.5, 0.6) is 0 Å². The third-order valence-electron chi connectivity index (χ3n) is 5.66. The van der Waals surface area contributed by atoms with Gasteiger partial charge in [0, 0.05) is 32.0 Å². The van der Waals surface area contributed by atoms with E-state index >= 15 is 0 Å². The van der Waals surface area contributed by atoms with Crippen LogP contribution in [0, 0.1) is 5.92 Å². The first-order valence-electron chi connectivity index (χ1n) is 9.18. The zero-order valence-corrected chi connectivity index (χ0v) is 16.0. The van der Waals surface area contributed by atoms with Gasteiger partial charge in [0.25, 0.3) is 5.91 Å². The van der Waals surface area contributed by atoms with E-state index in [1.807, 2.05) is 0 Å². The number of amides is 1. The molecule has 26 heavy (non-hydrogen) atoms. The van der Waals surface area contributed by atoms with E-state index in [-0.39, 0.29) is 12.0 Å². The summed E-state index contributed by atoms with van der Waals surface area (Å²) in [4.78, 5) is 18.6. The molecule has 1 spiro atoms. The molecule has 8 heteroatoms. The summed E-state index contributed by atoms with van der Waals surface area (Å²) < 4.78 is 33.7. The van der Waals surface area contributed by atoms with E-state index in [0.717, 1.165) is 6.42 Å². The highest BCUT2D eigenvalue weighted by Crippen LogP contribution is 2.46. The van der Waals surface area contributed by atoms with Crippen LogP contribution in [0.25, 0.3) is 0 Å². The minimum Gasteiger partial charge on any atom is -0.365 e. The molecule has 2 bridgehead atoms. The number of ether oxygens (including phenoxy) is 1. The molecule has 3 fully saturated rings. The summed E-state index contributed by atoms with van der Waals surface area (Å²) in [6, 6.07) is 3.47. The molecule has 4 heterocycles. The molecule has 0 radical (unpaired) electrons. The van der Waals surface area contributed by atoms with Crippen molar-refractivity contribution in [1.29, 1.82) is 0 Å². The first-order chi connectivity index (χ1) is 12.3. The van der Waals surface area contributed by atoms with E-state index in [0.29, 0.717) is 44.1 Å². The van der Waals surface area contributed by atoms with Crippen LogP contribution in [0.15, 0.2) is 24.5 Å². The van der Waals surface area contributed by atoms with Crippen molar-refractivity contribution in [3.8, 4) is 0 Å². The highest BCUT2D eigenvalue weighted by atomic mass is 32.2. The lowest BCUT2D eigenvalue weighted by molar-refractivity contribution is -0.0977. The summed E-state index contributed by atoms with van der Waals surface area (Å²) >= 11 is 0. The fourth-order valence-corrected chi connectivity index (χ4v) is 6.70. The summed E-state index contributed by atoms with van der Waals surface area (Å²) in [6.45, 7) is 5.79. The number of aromatic nitrogens is 1. The fraction of sp³-hybridized carbons (Fsp3) is 0.667. The maximum absolute atomic E-state index is 13.0. The van der Waals surface area contributed by atoms with Gasteiger partial charge >= 0.3 is 0 Å². The number of hydrogen-bond donors (Lipinski definition) is 0. The molecular weight excluding hydrogens is 354 g/mol. The maximum atomic E-state index is 13.0. The van der Waals surface area contributed by atoms with Gasteiger partial charge in [0.05, 0.1) is 18.2 Å². The molecule has 3 saturated heterocycles. The molecule has 142 valence electrons. The first-order valence-corrected chi connectivity index (χ1v) is 10.7. The number of carbonyl (C=O) groups is 1. The summed E-state index contributed by atoms with van der Waals surface area (Å²) in [5.41, 5.74) is -0.268. The van der Waals surface area contributed by atoms with Gasteiger partial charge in [-0.25, -0.2) is 8.42 Å². The van der Waals surface area contributed by atoms with Crippen LogP contribution in [0.1, 0.15) is 37.0 Å². The number of rotatable bonds is 4. The lowest BCUT2D eigenvalue weighted by Crippen LogP contribution is -2.56. The van der Waals surface area contributed by atoms with E-state index in [4.69, 9.17) is 4.74 Å². The number of likely N-dealkylation sites (tertiary alicyclic amines) is 1. The standard InChI is InChI=1S/C18H25N3O4S/c1-13(2)5-7-21-12-18-11-20(17(22)14-4-3-6-19-9-14)10-15(25-18)8-16(18)26(21,23)24/h3-4,6,9,13,15-16H,5,7-8,10-12H2,1-2H3/t15-,16+,18+/m1/s1. The molecule has 0 aliphatic carbocycles. The molecule has 1 aromatic heterocycles. The van der Waals surface area contributed by atoms with Crippen molar-refractivity contribution >= 4 is 15.9 Å². The van der Waals surface area contributed by atoms with Gasteiger partial charge in [-0.15, -0.1) is 0 Å². The number of nitrogens with zero attached hydrogens (tertiary/aromatic N) is 3. The highest BCUT2D eigenvalue weighted by Gasteiger charge is 2.65. The Morgan fingerprint density at radius 1 is 1.42 bits per heavy atom. The second kappa shape index (κ2) is 6.28. The molecular formula is C18H25N3O4S. The molecule has 0 unspecified atom stereocenters. The number of hydrogen-bond acceptors (Lipinski definition) is 5. The monoisotopic (exact) mass is 379 g/mol. The molecule has 1 aromatic rings. The molecule has 0 saturated carbocycles. The third kappa shape index (κ3) is 2.84. The average Bonchev–Trinajstić information content (AvgIpc) is 2.98. The molecule has 4 rings (SSSR count). The van der Waals surface area contributed by atoms with Crippen molar-refractivity contribution in [2.45, 2.75) is 43.6 Å². The zero-order chi connectivity index (χ0) is 18.5. The Bertz CT molecular complexity index is 798. The Labute approximate surface area is 154 Å². The Morgan fingerprint density at radius 3 is 2.92 bits per heavy atom. The van der Waals surface area contributed by atoms with E-state index in [2.05, 4.69) is 18.8 Å². The number of morpholine rings is 1. The highest BCUT2D eigenvalue weighted by molar-refractivity contribution is 7.90. The molecule has 7 nitrogen and oxygen atoms in total. The van der Waals surface area contributed by atoms with Crippen molar-refractivity contribution in [2.75, 3.05) is 26.2 Å². The molecule has 0 aromatic carbocycles. The van der Waals surface area contributed by atoms with Crippen LogP contribution in [0.3, 0.4) is 0 Å². The number of pyridine rings is 1. The summed E-state index contributed by atoms with van der Waals surface area (Å²) in [7, 11) is -3.38. The SMILES string of the molecule is CC(C)CCN1C[C@@]23CN(C(=O)c4cccnc4)C[C@@H](C[C@@H]2S1(=O)=O)O3. The molecule has 3 atom stereocenters. The lowest BCUT2D eigenvalue weighted by atomic mass is 9.99. The van der Waals surface area contributed by atoms with Gasteiger partial charge in [0.2, 0.25) is 10.0 Å². The normalized spacial score (nSPS) is 32.8. The van der Waals surface area contributed by atoms with Crippen molar-refractivity contribution in [3.05, 3.63) is 30.1 Å². The second-order valence-electron chi connectivity index (χ2n) is 8.02. The minimum absolute atomic E-state index is 0.107. The zero-order valence-electron chi connectivity index (χ0n) is 15.2. The van der Waals surface area contributed by atoms with Crippen molar-refractivity contribution < 1.29 is 17.9 Å². The molecule has 3 aliphatic rings. The van der Waals surface area contributed by atoms with Crippen LogP contribution in [-0.4, -0.2) is 71.6 Å². The third-order valence-corrected chi connectivity index (χ3v) is 8.04. The molecule has 0 N–H and O–H groups in total. The predicted octanol–water partition coefficient (Wildman–Crippen LogP) is 1.13. The van der Waals surface area contributed by atoms with Crippen LogP contribution >= 0.6 is 0 Å². The number of fused-ring (bicyclic) bond motifs is 1. The Hall–Kier alpha value is -1.51. The van der Waals surface area contributed by atoms with Crippen LogP contribution < -0.4 is 0 Å². The van der Waals surface area contributed by atoms with Crippen molar-refractivity contribution in [2.24, 2.45) is 5.92 Å². The second-order valence-corrected chi connectivity index (χ2v) is 10.1. The van der Waals surface area contributed by atoms with Gasteiger partial charge in [-0.1, -0.05) is 13.8 Å². The summed E-state index contributed by atoms with van der Waals surface area (Å²) in [5, 5.41) is -0.543. The average molecular weight is 379 g/mol. The minimum atomic E-state index is -3.38. The smallest absolute Gasteiger partial charge is 0.255 e. The van der Waals surface area contributed by atoms with E-state index < -0.39 is 20.9 Å². The lowest BCUT2D eigenvalue weighted by Gasteiger charge is -2.39. The quantitative estimate of drug-likeness (QED) is 0.783. The maximum Gasteiger partial charge on any atom is 0.255 e. The topological polar surface area (TPSA) is 79.8 Å².